The van der Waals surface area contributed by atoms with Crippen molar-refractivity contribution in [3.63, 3.8) is 0 Å². The Kier molecular flexibility index (Phi) is 8.84. The van der Waals surface area contributed by atoms with Gasteiger partial charge in [0.2, 0.25) is 0 Å². The van der Waals surface area contributed by atoms with E-state index in [0.717, 1.165) is 19.3 Å². The molecule has 0 aliphatic carbocycles. The molecule has 23 heavy (non-hydrogen) atoms. The summed E-state index contributed by atoms with van der Waals surface area (Å²) in [7, 11) is 0. The predicted molar refractivity (Wildman–Crippen MR) is 107 cm³/mol. The van der Waals surface area contributed by atoms with E-state index >= 15 is 0 Å². The number of allylic oxidation sites excluding steroid dienone is 4. The normalized spacial score (nSPS) is 19.7. The van der Waals surface area contributed by atoms with Crippen LogP contribution in [-0.2, 0) is 0 Å². The molecule has 0 fully saturated rings. The van der Waals surface area contributed by atoms with Crippen LogP contribution in [0.3, 0.4) is 0 Å². The molecule has 0 aromatic carbocycles. The van der Waals surface area contributed by atoms with Gasteiger partial charge in [0.25, 0.3) is 0 Å². The Morgan fingerprint density at radius 1 is 1.13 bits per heavy atom. The van der Waals surface area contributed by atoms with Gasteiger partial charge in [-0.15, -0.1) is 0 Å². The summed E-state index contributed by atoms with van der Waals surface area (Å²) < 4.78 is 0. The second-order valence-electron chi connectivity index (χ2n) is 7.07. The fourth-order valence-corrected chi connectivity index (χ4v) is 3.35. The molecule has 0 saturated heterocycles. The van der Waals surface area contributed by atoms with Crippen LogP contribution in [0.4, 0.5) is 0 Å². The zero-order valence-electron chi connectivity index (χ0n) is 16.8. The smallest absolute Gasteiger partial charge is 0.0285 e. The molecule has 0 amide bonds. The molecule has 0 saturated carbocycles. The maximum absolute atomic E-state index is 4.38. The van der Waals surface area contributed by atoms with Crippen molar-refractivity contribution in [3.8, 4) is 0 Å². The van der Waals surface area contributed by atoms with Crippen molar-refractivity contribution >= 4 is 0 Å². The van der Waals surface area contributed by atoms with E-state index in [2.05, 4.69) is 86.0 Å². The van der Waals surface area contributed by atoms with Crippen molar-refractivity contribution < 1.29 is 0 Å². The van der Waals surface area contributed by atoms with Gasteiger partial charge in [-0.05, 0) is 52.5 Å². The Labute approximate surface area is 145 Å². The van der Waals surface area contributed by atoms with Crippen molar-refractivity contribution in [1.29, 1.82) is 0 Å². The van der Waals surface area contributed by atoms with E-state index < -0.39 is 0 Å². The Bertz CT molecular complexity index is 468. The highest BCUT2D eigenvalue weighted by Gasteiger charge is 2.44. The highest BCUT2D eigenvalue weighted by molar-refractivity contribution is 5.30. The van der Waals surface area contributed by atoms with Crippen LogP contribution >= 0.6 is 0 Å². The molecule has 0 bridgehead atoms. The summed E-state index contributed by atoms with van der Waals surface area (Å²) in [6.07, 6.45) is 9.41. The van der Waals surface area contributed by atoms with E-state index in [9.17, 15) is 0 Å². The first-order valence-corrected chi connectivity index (χ1v) is 9.06. The zero-order valence-corrected chi connectivity index (χ0v) is 16.8. The van der Waals surface area contributed by atoms with Crippen LogP contribution < -0.4 is 5.32 Å². The molecule has 1 heteroatoms. The molecular weight excluding hydrogens is 278 g/mol. The summed E-state index contributed by atoms with van der Waals surface area (Å²) >= 11 is 0. The molecule has 0 aliphatic heterocycles. The average molecular weight is 318 g/mol. The molecule has 0 aromatic rings. The number of rotatable bonds is 10. The molecule has 2 unspecified atom stereocenters. The third-order valence-electron chi connectivity index (χ3n) is 6.06. The lowest BCUT2D eigenvalue weighted by molar-refractivity contribution is 0.134. The zero-order chi connectivity index (χ0) is 18.3. The van der Waals surface area contributed by atoms with Gasteiger partial charge < -0.3 is 5.32 Å². The summed E-state index contributed by atoms with van der Waals surface area (Å²) in [5.74, 6) is 0. The highest BCUT2D eigenvalue weighted by atomic mass is 15.0. The van der Waals surface area contributed by atoms with Crippen LogP contribution in [0.5, 0.6) is 0 Å². The Hall–Kier alpha value is -1.08. The SMILES string of the molecule is C=C/C(C)=C(/C)[C@@H](CC)NC(C)(CC)C(C)(CC)C(=C)/C=C\C. The first-order valence-electron chi connectivity index (χ1n) is 9.06. The summed E-state index contributed by atoms with van der Waals surface area (Å²) in [6.45, 7) is 26.2. The van der Waals surface area contributed by atoms with Crippen LogP contribution in [-0.4, -0.2) is 11.6 Å². The molecule has 1 nitrogen and oxygen atoms in total. The third-order valence-corrected chi connectivity index (χ3v) is 6.06. The van der Waals surface area contributed by atoms with Crippen molar-refractivity contribution in [2.75, 3.05) is 0 Å². The highest BCUT2D eigenvalue weighted by Crippen LogP contribution is 2.44. The van der Waals surface area contributed by atoms with Crippen molar-refractivity contribution in [2.45, 2.75) is 86.2 Å². The number of hydrogen-bond acceptors (Lipinski definition) is 1. The van der Waals surface area contributed by atoms with Crippen molar-refractivity contribution in [2.24, 2.45) is 5.41 Å². The van der Waals surface area contributed by atoms with Gasteiger partial charge in [0.1, 0.15) is 0 Å². The molecule has 0 heterocycles. The maximum Gasteiger partial charge on any atom is 0.0285 e. The van der Waals surface area contributed by atoms with Crippen LogP contribution in [0, 0.1) is 5.41 Å². The topological polar surface area (TPSA) is 12.0 Å². The Morgan fingerprint density at radius 3 is 2.04 bits per heavy atom. The van der Waals surface area contributed by atoms with Crippen LogP contribution in [0.25, 0.3) is 0 Å². The lowest BCUT2D eigenvalue weighted by atomic mass is 9.63. The fraction of sp³-hybridized carbons (Fsp3) is 0.636. The minimum atomic E-state index is -0.0122. The Balaban J connectivity index is 5.83. The largest absolute Gasteiger partial charge is 0.304 e. The van der Waals surface area contributed by atoms with E-state index in [1.807, 2.05) is 6.08 Å². The molecular formula is C22H39N. The van der Waals surface area contributed by atoms with Gasteiger partial charge in [-0.3, -0.25) is 0 Å². The lowest BCUT2D eigenvalue weighted by Gasteiger charge is -2.49. The molecule has 0 radical (unpaired) electrons. The van der Waals surface area contributed by atoms with Gasteiger partial charge in [-0.2, -0.15) is 0 Å². The molecule has 3 atom stereocenters. The molecule has 0 spiro atoms. The average Bonchev–Trinajstić information content (AvgIpc) is 2.57. The first-order chi connectivity index (χ1) is 10.7. The first kappa shape index (κ1) is 21.9. The number of nitrogens with one attached hydrogen (secondary N) is 1. The number of hydrogen-bond donors (Lipinski definition) is 1. The molecule has 1 N–H and O–H groups in total. The predicted octanol–water partition coefficient (Wildman–Crippen LogP) is 6.59. The van der Waals surface area contributed by atoms with E-state index in [1.165, 1.54) is 16.7 Å². The molecule has 0 aliphatic rings. The van der Waals surface area contributed by atoms with E-state index in [1.54, 1.807) is 0 Å². The fourth-order valence-electron chi connectivity index (χ4n) is 3.35. The van der Waals surface area contributed by atoms with Crippen LogP contribution in [0.1, 0.15) is 74.7 Å². The molecule has 0 aromatic heterocycles. The van der Waals surface area contributed by atoms with Gasteiger partial charge in [0.05, 0.1) is 0 Å². The summed E-state index contributed by atoms with van der Waals surface area (Å²) in [5.41, 5.74) is 3.87. The van der Waals surface area contributed by atoms with Gasteiger partial charge in [0.15, 0.2) is 0 Å². The summed E-state index contributed by atoms with van der Waals surface area (Å²) in [4.78, 5) is 0. The molecule has 0 rings (SSSR count). The van der Waals surface area contributed by atoms with Crippen LogP contribution in [0.2, 0.25) is 0 Å². The monoisotopic (exact) mass is 317 g/mol. The lowest BCUT2D eigenvalue weighted by Crippen LogP contribution is -2.58. The minimum Gasteiger partial charge on any atom is -0.304 e. The Morgan fingerprint density at radius 2 is 1.70 bits per heavy atom. The standard InChI is InChI=1S/C22H39N/c1-11-16-18(7)21(9,14-4)22(10,15-5)23-20(13-3)19(8)17(6)12-2/h11-12,16,20,23H,2,7,13-15H2,1,3-6,8-10H3/b16-11-,19-17-/t20-,21?,22?/m1/s1. The van der Waals surface area contributed by atoms with E-state index in [-0.39, 0.29) is 11.0 Å². The van der Waals surface area contributed by atoms with Gasteiger partial charge >= 0.3 is 0 Å². The summed E-state index contributed by atoms with van der Waals surface area (Å²) in [6, 6.07) is 0.363. The van der Waals surface area contributed by atoms with E-state index in [4.69, 9.17) is 0 Å². The van der Waals surface area contributed by atoms with Crippen molar-refractivity contribution in [1.82, 2.24) is 5.32 Å². The second-order valence-corrected chi connectivity index (χ2v) is 7.07. The summed E-state index contributed by atoms with van der Waals surface area (Å²) in [5, 5.41) is 3.98. The third kappa shape index (κ3) is 4.70. The second kappa shape index (κ2) is 9.27. The minimum absolute atomic E-state index is 0.0122. The van der Waals surface area contributed by atoms with Gasteiger partial charge in [-0.25, -0.2) is 0 Å². The maximum atomic E-state index is 4.38. The van der Waals surface area contributed by atoms with Gasteiger partial charge in [0, 0.05) is 17.0 Å². The molecule has 132 valence electrons. The van der Waals surface area contributed by atoms with Gasteiger partial charge in [-0.1, -0.05) is 70.2 Å². The van der Waals surface area contributed by atoms with Crippen molar-refractivity contribution in [3.05, 3.63) is 48.1 Å². The van der Waals surface area contributed by atoms with E-state index in [0.29, 0.717) is 6.04 Å². The quantitative estimate of drug-likeness (QED) is 0.448. The van der Waals surface area contributed by atoms with Crippen LogP contribution in [0.15, 0.2) is 48.1 Å².